The molecule has 1 aromatic carbocycles. The summed E-state index contributed by atoms with van der Waals surface area (Å²) in [6.07, 6.45) is 0. The lowest BCUT2D eigenvalue weighted by Gasteiger charge is -2.28. The molecule has 0 aliphatic carbocycles. The topological polar surface area (TPSA) is 106 Å². The number of benzene rings is 1. The van der Waals surface area contributed by atoms with Gasteiger partial charge in [-0.1, -0.05) is 11.6 Å². The summed E-state index contributed by atoms with van der Waals surface area (Å²) in [5.74, 6) is -0.690. The molecule has 26 heavy (non-hydrogen) atoms. The third-order valence-electron chi connectivity index (χ3n) is 3.76. The second kappa shape index (κ2) is 8.77. The molecule has 1 aliphatic heterocycles. The summed E-state index contributed by atoms with van der Waals surface area (Å²) in [6.45, 7) is 4.32. The van der Waals surface area contributed by atoms with E-state index in [1.165, 1.54) is 19.2 Å². The highest BCUT2D eigenvalue weighted by Crippen LogP contribution is 2.39. The lowest BCUT2D eigenvalue weighted by atomic mass is 9.95. The molecule has 0 spiro atoms. The predicted molar refractivity (Wildman–Crippen MR) is 94.2 cm³/mol. The summed E-state index contributed by atoms with van der Waals surface area (Å²) in [7, 11) is 1.38. The van der Waals surface area contributed by atoms with E-state index in [9.17, 15) is 14.7 Å². The molecular formula is C17H21ClN2O6. The molecule has 0 aromatic heterocycles. The zero-order valence-electron chi connectivity index (χ0n) is 14.7. The lowest BCUT2D eigenvalue weighted by molar-refractivity contribution is -0.141. The van der Waals surface area contributed by atoms with Crippen LogP contribution in [0.5, 0.6) is 11.5 Å². The summed E-state index contributed by atoms with van der Waals surface area (Å²) in [5, 5.41) is 15.1. The number of phenolic OH excluding ortho intramolecular Hbond substituents is 1. The molecule has 142 valence electrons. The van der Waals surface area contributed by atoms with Gasteiger partial charge in [-0.15, -0.1) is 0 Å². The maximum absolute atomic E-state index is 12.5. The Morgan fingerprint density at radius 1 is 1.35 bits per heavy atom. The first-order valence-electron chi connectivity index (χ1n) is 7.98. The predicted octanol–water partition coefficient (Wildman–Crippen LogP) is 2.26. The molecule has 9 heteroatoms. The van der Waals surface area contributed by atoms with E-state index in [1.54, 1.807) is 6.92 Å². The smallest absolute Gasteiger partial charge is 0.338 e. The van der Waals surface area contributed by atoms with Crippen LogP contribution in [0.3, 0.4) is 0 Å². The SMILES string of the molecule is CCOCCOC(=O)C1=C(C)NC(=O)NC1c1cc(Cl)c(O)c(OC)c1. The molecule has 0 saturated heterocycles. The zero-order chi connectivity index (χ0) is 19.3. The number of hydrogen-bond acceptors (Lipinski definition) is 6. The van der Waals surface area contributed by atoms with Crippen LogP contribution >= 0.6 is 11.6 Å². The molecule has 2 rings (SSSR count). The number of urea groups is 1. The van der Waals surface area contributed by atoms with Crippen LogP contribution in [0, 0.1) is 0 Å². The van der Waals surface area contributed by atoms with Gasteiger partial charge < -0.3 is 30.0 Å². The number of aromatic hydroxyl groups is 1. The lowest BCUT2D eigenvalue weighted by Crippen LogP contribution is -2.45. The average Bonchev–Trinajstić information content (AvgIpc) is 2.60. The van der Waals surface area contributed by atoms with Crippen molar-refractivity contribution >= 4 is 23.6 Å². The molecule has 0 fully saturated rings. The monoisotopic (exact) mass is 384 g/mol. The molecule has 0 bridgehead atoms. The Balaban J connectivity index is 2.35. The molecule has 1 aromatic rings. The van der Waals surface area contributed by atoms with Crippen LogP contribution in [-0.4, -0.2) is 44.0 Å². The zero-order valence-corrected chi connectivity index (χ0v) is 15.5. The Kier molecular flexibility index (Phi) is 6.70. The van der Waals surface area contributed by atoms with Crippen molar-refractivity contribution in [3.05, 3.63) is 34.0 Å². The van der Waals surface area contributed by atoms with Crippen molar-refractivity contribution in [2.24, 2.45) is 0 Å². The number of nitrogens with one attached hydrogen (secondary N) is 2. The Bertz CT molecular complexity index is 734. The van der Waals surface area contributed by atoms with Gasteiger partial charge >= 0.3 is 12.0 Å². The number of methoxy groups -OCH3 is 1. The first-order chi connectivity index (χ1) is 12.4. The van der Waals surface area contributed by atoms with Gasteiger partial charge in [-0.05, 0) is 31.5 Å². The van der Waals surface area contributed by atoms with Gasteiger partial charge in [0.15, 0.2) is 11.5 Å². The van der Waals surface area contributed by atoms with E-state index >= 15 is 0 Å². The first-order valence-corrected chi connectivity index (χ1v) is 8.36. The average molecular weight is 385 g/mol. The Morgan fingerprint density at radius 2 is 2.08 bits per heavy atom. The minimum Gasteiger partial charge on any atom is -0.503 e. The third kappa shape index (κ3) is 4.39. The van der Waals surface area contributed by atoms with Crippen molar-refractivity contribution in [2.45, 2.75) is 19.9 Å². The molecule has 2 amide bonds. The van der Waals surface area contributed by atoms with Crippen molar-refractivity contribution in [2.75, 3.05) is 26.9 Å². The second-order valence-electron chi connectivity index (χ2n) is 5.46. The number of amides is 2. The highest BCUT2D eigenvalue weighted by molar-refractivity contribution is 6.32. The van der Waals surface area contributed by atoms with E-state index in [4.69, 9.17) is 25.8 Å². The largest absolute Gasteiger partial charge is 0.503 e. The molecule has 1 heterocycles. The normalized spacial score (nSPS) is 16.8. The number of hydrogen-bond donors (Lipinski definition) is 3. The third-order valence-corrected chi connectivity index (χ3v) is 4.05. The van der Waals surface area contributed by atoms with Crippen LogP contribution in [0.1, 0.15) is 25.5 Å². The number of carbonyl (C=O) groups excluding carboxylic acids is 2. The second-order valence-corrected chi connectivity index (χ2v) is 5.86. The minimum atomic E-state index is -0.810. The quantitative estimate of drug-likeness (QED) is 0.492. The Hall–Kier alpha value is -2.45. The molecule has 3 N–H and O–H groups in total. The number of allylic oxidation sites excluding steroid dienone is 1. The van der Waals surface area contributed by atoms with Gasteiger partial charge in [0, 0.05) is 12.3 Å². The van der Waals surface area contributed by atoms with Crippen molar-refractivity contribution in [1.82, 2.24) is 10.6 Å². The van der Waals surface area contributed by atoms with Crippen LogP contribution in [0.4, 0.5) is 4.79 Å². The summed E-state index contributed by atoms with van der Waals surface area (Å²) in [4.78, 5) is 24.4. The van der Waals surface area contributed by atoms with Crippen LogP contribution in [0.2, 0.25) is 5.02 Å². The van der Waals surface area contributed by atoms with Gasteiger partial charge in [-0.3, -0.25) is 0 Å². The molecular weight excluding hydrogens is 364 g/mol. The van der Waals surface area contributed by atoms with Gasteiger partial charge in [-0.25, -0.2) is 9.59 Å². The summed E-state index contributed by atoms with van der Waals surface area (Å²) in [5.41, 5.74) is 1.06. The number of halogens is 1. The van der Waals surface area contributed by atoms with Gasteiger partial charge in [0.2, 0.25) is 0 Å². The molecule has 0 radical (unpaired) electrons. The van der Waals surface area contributed by atoms with Crippen molar-refractivity contribution in [3.8, 4) is 11.5 Å². The van der Waals surface area contributed by atoms with E-state index in [-0.39, 0.29) is 35.3 Å². The van der Waals surface area contributed by atoms with E-state index in [0.717, 1.165) is 0 Å². The van der Waals surface area contributed by atoms with E-state index < -0.39 is 18.0 Å². The Labute approximate surface area is 156 Å². The molecule has 0 saturated carbocycles. The first kappa shape index (κ1) is 19.9. The number of ether oxygens (including phenoxy) is 3. The van der Waals surface area contributed by atoms with E-state index in [0.29, 0.717) is 17.9 Å². The van der Waals surface area contributed by atoms with Gasteiger partial charge in [0.05, 0.1) is 30.4 Å². The molecule has 1 aliphatic rings. The number of carbonyl (C=O) groups is 2. The number of rotatable bonds is 7. The van der Waals surface area contributed by atoms with Gasteiger partial charge in [0.1, 0.15) is 6.61 Å². The summed E-state index contributed by atoms with van der Waals surface area (Å²) in [6, 6.07) is 1.67. The van der Waals surface area contributed by atoms with Gasteiger partial charge in [0.25, 0.3) is 0 Å². The van der Waals surface area contributed by atoms with Crippen LogP contribution in [0.25, 0.3) is 0 Å². The standard InChI is InChI=1S/C17H21ClN2O6/c1-4-25-5-6-26-16(22)13-9(2)19-17(23)20-14(13)10-7-11(18)15(21)12(8-10)24-3/h7-8,14,21H,4-6H2,1-3H3,(H2,19,20,23). The minimum absolute atomic E-state index is 0.0360. The fourth-order valence-corrected chi connectivity index (χ4v) is 2.76. The maximum Gasteiger partial charge on any atom is 0.338 e. The highest BCUT2D eigenvalue weighted by Gasteiger charge is 2.33. The molecule has 8 nitrogen and oxygen atoms in total. The maximum atomic E-state index is 12.5. The van der Waals surface area contributed by atoms with E-state index in [2.05, 4.69) is 10.6 Å². The van der Waals surface area contributed by atoms with Crippen LogP contribution < -0.4 is 15.4 Å². The molecule has 1 atom stereocenters. The van der Waals surface area contributed by atoms with Gasteiger partial charge in [-0.2, -0.15) is 0 Å². The van der Waals surface area contributed by atoms with Crippen LogP contribution in [0.15, 0.2) is 23.4 Å². The Morgan fingerprint density at radius 3 is 2.73 bits per heavy atom. The van der Waals surface area contributed by atoms with Crippen molar-refractivity contribution < 1.29 is 28.9 Å². The van der Waals surface area contributed by atoms with Crippen molar-refractivity contribution in [1.29, 1.82) is 0 Å². The summed E-state index contributed by atoms with van der Waals surface area (Å²) >= 11 is 6.03. The highest BCUT2D eigenvalue weighted by atomic mass is 35.5. The van der Waals surface area contributed by atoms with E-state index in [1.807, 2.05) is 6.92 Å². The summed E-state index contributed by atoms with van der Waals surface area (Å²) < 4.78 is 15.5. The fraction of sp³-hybridized carbons (Fsp3) is 0.412. The fourth-order valence-electron chi connectivity index (χ4n) is 2.55. The van der Waals surface area contributed by atoms with Crippen LogP contribution in [-0.2, 0) is 14.3 Å². The van der Waals surface area contributed by atoms with Crippen molar-refractivity contribution in [3.63, 3.8) is 0 Å². The number of esters is 1. The molecule has 1 unspecified atom stereocenters. The number of phenols is 1.